The Morgan fingerprint density at radius 3 is 1.66 bits per heavy atom. The standard InChI is InChI=1S/C14H21NO3.C14H21NO2/c1-9(16)12-10(7-6-8-11(12)18-5)15-13(17)14(2,3)4;1-6-10-11(8-7-9-12(10)17-5)15-13(16)14(2,3)4/h6-9,16H,1-5H3,(H,15,17);7-9H,6H2,1-5H3,(H,15,16). The number of anilines is 2. The fraction of sp³-hybridized carbons (Fsp3) is 0.500. The smallest absolute Gasteiger partial charge is 0.229 e. The van der Waals surface area contributed by atoms with Crippen molar-refractivity contribution < 1.29 is 24.2 Å². The number of carbonyl (C=O) groups excluding carboxylic acids is 2. The van der Waals surface area contributed by atoms with Crippen molar-refractivity contribution in [2.75, 3.05) is 24.9 Å². The third-order valence-electron chi connectivity index (χ3n) is 5.27. The summed E-state index contributed by atoms with van der Waals surface area (Å²) in [6.45, 7) is 14.9. The first-order valence-electron chi connectivity index (χ1n) is 11.8. The van der Waals surface area contributed by atoms with Gasteiger partial charge in [-0.25, -0.2) is 0 Å². The Bertz CT molecular complexity index is 1000. The average Bonchev–Trinajstić information content (AvgIpc) is 2.77. The molecule has 0 aliphatic carbocycles. The summed E-state index contributed by atoms with van der Waals surface area (Å²) in [6.07, 6.45) is 0.112. The van der Waals surface area contributed by atoms with E-state index in [1.807, 2.05) is 66.7 Å². The van der Waals surface area contributed by atoms with Crippen LogP contribution in [0.3, 0.4) is 0 Å². The number of carbonyl (C=O) groups is 2. The number of aliphatic hydroxyl groups excluding tert-OH is 1. The van der Waals surface area contributed by atoms with E-state index < -0.39 is 16.9 Å². The van der Waals surface area contributed by atoms with Crippen molar-refractivity contribution in [3.8, 4) is 11.5 Å². The number of rotatable bonds is 6. The number of nitrogens with one attached hydrogen (secondary N) is 2. The molecule has 0 spiro atoms. The third-order valence-corrected chi connectivity index (χ3v) is 5.27. The summed E-state index contributed by atoms with van der Waals surface area (Å²) < 4.78 is 10.5. The van der Waals surface area contributed by atoms with Crippen molar-refractivity contribution in [2.45, 2.75) is 67.9 Å². The zero-order valence-corrected chi connectivity index (χ0v) is 22.8. The van der Waals surface area contributed by atoms with Crippen molar-refractivity contribution in [2.24, 2.45) is 10.8 Å². The van der Waals surface area contributed by atoms with Gasteiger partial charge in [0.1, 0.15) is 11.5 Å². The van der Waals surface area contributed by atoms with E-state index in [9.17, 15) is 14.7 Å². The first-order valence-corrected chi connectivity index (χ1v) is 11.8. The minimum Gasteiger partial charge on any atom is -0.496 e. The zero-order valence-electron chi connectivity index (χ0n) is 22.8. The second-order valence-electron chi connectivity index (χ2n) is 10.3. The Hall–Kier alpha value is -3.06. The van der Waals surface area contributed by atoms with Gasteiger partial charge in [0.05, 0.1) is 26.0 Å². The van der Waals surface area contributed by atoms with E-state index in [0.29, 0.717) is 17.0 Å². The Kier molecular flexibility index (Phi) is 10.8. The van der Waals surface area contributed by atoms with Crippen LogP contribution in [0.1, 0.15) is 72.6 Å². The monoisotopic (exact) mass is 486 g/mol. The van der Waals surface area contributed by atoms with Crippen LogP contribution in [0, 0.1) is 10.8 Å². The summed E-state index contributed by atoms with van der Waals surface area (Å²) in [7, 11) is 3.18. The molecule has 0 fully saturated rings. The van der Waals surface area contributed by atoms with Crippen LogP contribution in [0.5, 0.6) is 11.5 Å². The highest BCUT2D eigenvalue weighted by molar-refractivity contribution is 5.96. The molecule has 2 amide bonds. The largest absolute Gasteiger partial charge is 0.496 e. The normalized spacial score (nSPS) is 12.1. The molecule has 7 heteroatoms. The molecule has 2 aromatic carbocycles. The molecule has 194 valence electrons. The van der Waals surface area contributed by atoms with Gasteiger partial charge in [-0.3, -0.25) is 9.59 Å². The molecule has 0 saturated carbocycles. The minimum atomic E-state index is -0.712. The van der Waals surface area contributed by atoms with E-state index in [-0.39, 0.29) is 11.8 Å². The van der Waals surface area contributed by atoms with E-state index in [0.717, 1.165) is 23.4 Å². The van der Waals surface area contributed by atoms with Crippen LogP contribution < -0.4 is 20.1 Å². The summed E-state index contributed by atoms with van der Waals surface area (Å²) in [4.78, 5) is 23.9. The van der Waals surface area contributed by atoms with Crippen LogP contribution in [0.15, 0.2) is 36.4 Å². The second kappa shape index (κ2) is 12.6. The van der Waals surface area contributed by atoms with Crippen LogP contribution in [0.2, 0.25) is 0 Å². The van der Waals surface area contributed by atoms with Gasteiger partial charge in [0, 0.05) is 27.6 Å². The molecule has 0 aliphatic heterocycles. The lowest BCUT2D eigenvalue weighted by atomic mass is 9.95. The lowest BCUT2D eigenvalue weighted by Gasteiger charge is -2.21. The van der Waals surface area contributed by atoms with Gasteiger partial charge in [0.25, 0.3) is 0 Å². The number of methoxy groups -OCH3 is 2. The van der Waals surface area contributed by atoms with Crippen molar-refractivity contribution >= 4 is 23.2 Å². The maximum Gasteiger partial charge on any atom is 0.229 e. The molecule has 0 heterocycles. The fourth-order valence-corrected chi connectivity index (χ4v) is 3.12. The Labute approximate surface area is 210 Å². The lowest BCUT2D eigenvalue weighted by molar-refractivity contribution is -0.123. The minimum absolute atomic E-state index is 0.0143. The van der Waals surface area contributed by atoms with E-state index in [1.165, 1.54) is 7.11 Å². The molecule has 2 rings (SSSR count). The number of aliphatic hydroxyl groups is 1. The Morgan fingerprint density at radius 1 is 0.829 bits per heavy atom. The van der Waals surface area contributed by atoms with Crippen LogP contribution in [0.4, 0.5) is 11.4 Å². The predicted octanol–water partition coefficient (Wildman–Crippen LogP) is 5.98. The molecule has 35 heavy (non-hydrogen) atoms. The average molecular weight is 487 g/mol. The van der Waals surface area contributed by atoms with E-state index in [4.69, 9.17) is 9.47 Å². The van der Waals surface area contributed by atoms with E-state index >= 15 is 0 Å². The van der Waals surface area contributed by atoms with Crippen molar-refractivity contribution in [1.29, 1.82) is 0 Å². The maximum absolute atomic E-state index is 12.0. The topological polar surface area (TPSA) is 96.9 Å². The number of ether oxygens (including phenoxy) is 2. The van der Waals surface area contributed by atoms with Gasteiger partial charge >= 0.3 is 0 Å². The first kappa shape index (κ1) is 30.0. The highest BCUT2D eigenvalue weighted by Gasteiger charge is 2.24. The summed E-state index contributed by atoms with van der Waals surface area (Å²) >= 11 is 0. The molecule has 1 unspecified atom stereocenters. The fourth-order valence-electron chi connectivity index (χ4n) is 3.12. The third kappa shape index (κ3) is 8.58. The molecular formula is C28H42N2O5. The summed E-state index contributed by atoms with van der Waals surface area (Å²) in [5, 5.41) is 15.6. The van der Waals surface area contributed by atoms with E-state index in [2.05, 4.69) is 10.6 Å². The molecular weight excluding hydrogens is 444 g/mol. The van der Waals surface area contributed by atoms with Gasteiger partial charge in [0.15, 0.2) is 0 Å². The Balaban J connectivity index is 0.000000351. The van der Waals surface area contributed by atoms with Gasteiger partial charge in [-0.1, -0.05) is 60.6 Å². The van der Waals surface area contributed by atoms with Crippen LogP contribution in [-0.4, -0.2) is 31.1 Å². The van der Waals surface area contributed by atoms with Crippen LogP contribution in [0.25, 0.3) is 0 Å². The lowest BCUT2D eigenvalue weighted by Crippen LogP contribution is -2.28. The van der Waals surface area contributed by atoms with Gasteiger partial charge < -0.3 is 25.2 Å². The number of amides is 2. The van der Waals surface area contributed by atoms with Gasteiger partial charge in [0.2, 0.25) is 11.8 Å². The van der Waals surface area contributed by atoms with Crippen molar-refractivity contribution in [1.82, 2.24) is 0 Å². The molecule has 0 saturated heterocycles. The van der Waals surface area contributed by atoms with Gasteiger partial charge in [-0.05, 0) is 37.6 Å². The molecule has 0 aliphatic rings. The van der Waals surface area contributed by atoms with Gasteiger partial charge in [-0.2, -0.15) is 0 Å². The van der Waals surface area contributed by atoms with Crippen molar-refractivity contribution in [3.63, 3.8) is 0 Å². The molecule has 0 aromatic heterocycles. The Morgan fingerprint density at radius 2 is 1.26 bits per heavy atom. The summed E-state index contributed by atoms with van der Waals surface area (Å²) in [6, 6.07) is 11.0. The zero-order chi connectivity index (χ0) is 27.0. The predicted molar refractivity (Wildman–Crippen MR) is 142 cm³/mol. The summed E-state index contributed by atoms with van der Waals surface area (Å²) in [5.41, 5.74) is 2.17. The maximum atomic E-state index is 12.0. The molecule has 0 radical (unpaired) electrons. The highest BCUT2D eigenvalue weighted by atomic mass is 16.5. The quantitative estimate of drug-likeness (QED) is 0.467. The number of benzene rings is 2. The molecule has 0 bridgehead atoms. The molecule has 3 N–H and O–H groups in total. The number of hydrogen-bond donors (Lipinski definition) is 3. The molecule has 1 atom stereocenters. The first-order chi connectivity index (χ1) is 16.2. The van der Waals surface area contributed by atoms with E-state index in [1.54, 1.807) is 32.2 Å². The van der Waals surface area contributed by atoms with Crippen LogP contribution >= 0.6 is 0 Å². The van der Waals surface area contributed by atoms with Gasteiger partial charge in [-0.15, -0.1) is 0 Å². The number of hydrogen-bond acceptors (Lipinski definition) is 5. The summed E-state index contributed by atoms with van der Waals surface area (Å²) in [5.74, 6) is 1.30. The molecule has 2 aromatic rings. The second-order valence-corrected chi connectivity index (χ2v) is 10.3. The van der Waals surface area contributed by atoms with Crippen LogP contribution in [-0.2, 0) is 16.0 Å². The molecule has 7 nitrogen and oxygen atoms in total. The van der Waals surface area contributed by atoms with Crippen molar-refractivity contribution in [3.05, 3.63) is 47.5 Å². The highest BCUT2D eigenvalue weighted by Crippen LogP contribution is 2.33. The SMILES string of the molecule is CCc1c(NC(=O)C(C)(C)C)cccc1OC.COc1cccc(NC(=O)C(C)(C)C)c1C(C)O.